The summed E-state index contributed by atoms with van der Waals surface area (Å²) in [6, 6.07) is 4.49. The van der Waals surface area contributed by atoms with Crippen LogP contribution in [0.15, 0.2) is 54.8 Å². The lowest BCUT2D eigenvalue weighted by Gasteiger charge is -2.29. The molecule has 0 aliphatic carbocycles. The van der Waals surface area contributed by atoms with Crippen molar-refractivity contribution in [2.75, 3.05) is 19.0 Å². The number of ether oxygens (including phenoxy) is 3. The van der Waals surface area contributed by atoms with Crippen molar-refractivity contribution in [1.29, 1.82) is 0 Å². The summed E-state index contributed by atoms with van der Waals surface area (Å²) in [5, 5.41) is -0.312. The molecule has 3 aromatic carbocycles. The lowest BCUT2D eigenvalue weighted by molar-refractivity contribution is -0.189. The van der Waals surface area contributed by atoms with Crippen molar-refractivity contribution in [2.45, 2.75) is 50.1 Å². The first-order valence-corrected chi connectivity index (χ1v) is 15.2. The second-order valence-corrected chi connectivity index (χ2v) is 11.7. The third-order valence-electron chi connectivity index (χ3n) is 7.14. The molecule has 1 heterocycles. The number of hydrogen-bond donors (Lipinski definition) is 0. The van der Waals surface area contributed by atoms with E-state index in [1.54, 1.807) is 0 Å². The van der Waals surface area contributed by atoms with Crippen LogP contribution in [0, 0.1) is 35.0 Å². The number of allylic oxidation sites excluding steroid dienone is 1. The van der Waals surface area contributed by atoms with Crippen LogP contribution in [0.25, 0.3) is 11.1 Å². The minimum atomic E-state index is -4.73. The van der Waals surface area contributed by atoms with Gasteiger partial charge < -0.3 is 14.2 Å². The van der Waals surface area contributed by atoms with Crippen molar-refractivity contribution in [3.63, 3.8) is 0 Å². The minimum absolute atomic E-state index is 0.168. The molecule has 1 saturated heterocycles. The van der Waals surface area contributed by atoms with Gasteiger partial charge in [0.25, 0.3) is 0 Å². The van der Waals surface area contributed by atoms with E-state index in [0.29, 0.717) is 43.8 Å². The van der Waals surface area contributed by atoms with E-state index in [0.717, 1.165) is 49.3 Å². The summed E-state index contributed by atoms with van der Waals surface area (Å²) in [5.41, 5.74) is -2.90. The highest BCUT2D eigenvalue weighted by molar-refractivity contribution is 7.99. The molecule has 0 radical (unpaired) electrons. The smallest absolute Gasteiger partial charge is 0.432 e. The summed E-state index contributed by atoms with van der Waals surface area (Å²) in [6.45, 7) is 3.19. The second kappa shape index (κ2) is 15.0. The molecule has 4 rings (SSSR count). The molecule has 1 aliphatic heterocycles. The number of alkyl halides is 5. The molecule has 0 saturated carbocycles. The van der Waals surface area contributed by atoms with Gasteiger partial charge in [0.2, 0.25) is 0 Å². The van der Waals surface area contributed by atoms with E-state index in [9.17, 15) is 35.1 Å². The number of rotatable bonds is 12. The average Bonchev–Trinajstić information content (AvgIpc) is 2.95. The lowest BCUT2D eigenvalue weighted by atomic mass is 9.95. The van der Waals surface area contributed by atoms with Crippen molar-refractivity contribution in [3.05, 3.63) is 95.0 Å². The van der Waals surface area contributed by atoms with Crippen LogP contribution in [0.2, 0.25) is 0 Å². The van der Waals surface area contributed by atoms with E-state index < -0.39 is 69.6 Å². The lowest BCUT2D eigenvalue weighted by Crippen LogP contribution is -2.26. The van der Waals surface area contributed by atoms with E-state index in [1.165, 1.54) is 11.8 Å². The zero-order valence-electron chi connectivity index (χ0n) is 24.2. The molecular formula is C32H28F10O3S. The molecule has 46 heavy (non-hydrogen) atoms. The highest BCUT2D eigenvalue weighted by Gasteiger charge is 2.42. The number of hydrogen-bond acceptors (Lipinski definition) is 4. The minimum Gasteiger partial charge on any atom is -0.462 e. The predicted octanol–water partition coefficient (Wildman–Crippen LogP) is 10.6. The molecule has 3 nitrogen and oxygen atoms in total. The molecule has 2 unspecified atom stereocenters. The fraction of sp³-hybridized carbons (Fsp3) is 0.375. The summed E-state index contributed by atoms with van der Waals surface area (Å²) in [7, 11) is 0. The Labute approximate surface area is 262 Å². The summed E-state index contributed by atoms with van der Waals surface area (Å²) in [4.78, 5) is 0. The van der Waals surface area contributed by atoms with E-state index in [2.05, 4.69) is 9.47 Å². The Morgan fingerprint density at radius 3 is 2.09 bits per heavy atom. The van der Waals surface area contributed by atoms with Gasteiger partial charge in [-0.3, -0.25) is 0 Å². The Bertz CT molecular complexity index is 1490. The van der Waals surface area contributed by atoms with Crippen LogP contribution in [-0.4, -0.2) is 25.1 Å². The van der Waals surface area contributed by atoms with Gasteiger partial charge >= 0.3 is 12.3 Å². The maximum atomic E-state index is 15.0. The van der Waals surface area contributed by atoms with E-state index >= 15 is 8.78 Å². The van der Waals surface area contributed by atoms with Gasteiger partial charge in [-0.05, 0) is 79.7 Å². The van der Waals surface area contributed by atoms with Gasteiger partial charge in [0.05, 0.1) is 17.9 Å². The third-order valence-corrected chi connectivity index (χ3v) is 8.71. The topological polar surface area (TPSA) is 27.7 Å². The molecule has 0 amide bonds. The standard InChI is InChI=1S/C32H28F10O3S/c1-2-43-10-3-4-18-5-8-28(46-17-18)20-13-25(36)30(26(37)14-20)32(41,42)45-21-15-23(34)29(24(35)16-21)19-6-7-27(22(33)12-19)44-11-9-31(38,39)40/h6-7,9,11-16,18,28H,2-5,8,10,17H2,1H3/b11-9-. The first-order valence-electron chi connectivity index (χ1n) is 14.1. The van der Waals surface area contributed by atoms with E-state index in [4.69, 9.17) is 4.74 Å². The van der Waals surface area contributed by atoms with Crippen molar-refractivity contribution >= 4 is 11.8 Å². The second-order valence-electron chi connectivity index (χ2n) is 10.5. The molecule has 3 aromatic rings. The fourth-order valence-electron chi connectivity index (χ4n) is 4.99. The largest absolute Gasteiger partial charge is 0.462 e. The quantitative estimate of drug-likeness (QED) is 0.108. The molecular weight excluding hydrogens is 654 g/mol. The van der Waals surface area contributed by atoms with Crippen LogP contribution < -0.4 is 9.47 Å². The van der Waals surface area contributed by atoms with Crippen LogP contribution in [0.3, 0.4) is 0 Å². The molecule has 1 aliphatic rings. The van der Waals surface area contributed by atoms with Gasteiger partial charge in [-0.15, -0.1) is 0 Å². The number of benzene rings is 3. The Morgan fingerprint density at radius 2 is 1.52 bits per heavy atom. The number of thioether (sulfide) groups is 1. The zero-order chi connectivity index (χ0) is 33.6. The SMILES string of the molecule is CCOCCCC1CCC(c2cc(F)c(C(F)(F)Oc3cc(F)c(-c4ccc(O/C=C\C(F)(F)F)c(F)c4)c(F)c3)c(F)c2)SC1. The van der Waals surface area contributed by atoms with E-state index in [1.807, 2.05) is 6.92 Å². The summed E-state index contributed by atoms with van der Waals surface area (Å²) < 4.78 is 155. The maximum Gasteiger partial charge on any atom is 0.432 e. The van der Waals surface area contributed by atoms with Crippen LogP contribution in [0.5, 0.6) is 11.5 Å². The summed E-state index contributed by atoms with van der Waals surface area (Å²) in [5.74, 6) is -8.16. The van der Waals surface area contributed by atoms with Crippen LogP contribution >= 0.6 is 11.8 Å². The van der Waals surface area contributed by atoms with Crippen LogP contribution in [-0.2, 0) is 10.8 Å². The average molecular weight is 683 g/mol. The fourth-order valence-corrected chi connectivity index (χ4v) is 6.46. The van der Waals surface area contributed by atoms with Crippen molar-refractivity contribution < 1.29 is 58.1 Å². The number of halogens is 10. The van der Waals surface area contributed by atoms with Crippen molar-refractivity contribution in [2.24, 2.45) is 5.92 Å². The first-order chi connectivity index (χ1) is 21.7. The molecule has 250 valence electrons. The Hall–Kier alpha value is -3.39. The molecule has 1 fully saturated rings. The van der Waals surface area contributed by atoms with Crippen molar-refractivity contribution in [3.8, 4) is 22.6 Å². The molecule has 0 bridgehead atoms. The summed E-state index contributed by atoms with van der Waals surface area (Å²) >= 11 is 1.48. The molecule has 14 heteroatoms. The molecule has 0 spiro atoms. The molecule has 2 atom stereocenters. The third kappa shape index (κ3) is 9.11. The van der Waals surface area contributed by atoms with Crippen LogP contribution in [0.4, 0.5) is 43.9 Å². The maximum absolute atomic E-state index is 15.0. The Kier molecular flexibility index (Phi) is 11.6. The van der Waals surface area contributed by atoms with Gasteiger partial charge in [0, 0.05) is 30.6 Å². The molecule has 0 N–H and O–H groups in total. The first kappa shape index (κ1) is 35.5. The monoisotopic (exact) mass is 682 g/mol. The van der Waals surface area contributed by atoms with Gasteiger partial charge in [0.15, 0.2) is 11.6 Å². The zero-order valence-corrected chi connectivity index (χ0v) is 25.0. The predicted molar refractivity (Wildman–Crippen MR) is 152 cm³/mol. The Balaban J connectivity index is 1.46. The molecule has 0 aromatic heterocycles. The highest BCUT2D eigenvalue weighted by Crippen LogP contribution is 2.44. The van der Waals surface area contributed by atoms with Crippen molar-refractivity contribution in [1.82, 2.24) is 0 Å². The van der Waals surface area contributed by atoms with Gasteiger partial charge in [0.1, 0.15) is 34.6 Å². The summed E-state index contributed by atoms with van der Waals surface area (Å²) in [6.07, 6.45) is -6.33. The normalized spacial score (nSPS) is 17.5. The van der Waals surface area contributed by atoms with E-state index in [-0.39, 0.29) is 23.2 Å². The highest BCUT2D eigenvalue weighted by atomic mass is 32.2. The van der Waals surface area contributed by atoms with Crippen LogP contribution in [0.1, 0.15) is 49.0 Å². The van der Waals surface area contributed by atoms with Gasteiger partial charge in [-0.2, -0.15) is 33.7 Å². The van der Waals surface area contributed by atoms with Gasteiger partial charge in [-0.1, -0.05) is 6.07 Å². The Morgan fingerprint density at radius 1 is 0.848 bits per heavy atom. The van der Waals surface area contributed by atoms with Gasteiger partial charge in [-0.25, -0.2) is 22.0 Å².